The van der Waals surface area contributed by atoms with Gasteiger partial charge in [0.25, 0.3) is 0 Å². The molecule has 2 nitrogen and oxygen atoms in total. The van der Waals surface area contributed by atoms with Crippen molar-refractivity contribution in [2.75, 3.05) is 11.6 Å². The van der Waals surface area contributed by atoms with E-state index in [9.17, 15) is 0 Å². The van der Waals surface area contributed by atoms with Crippen LogP contribution in [0.15, 0.2) is 230 Å². The highest BCUT2D eigenvalue weighted by Crippen LogP contribution is 2.38. The van der Waals surface area contributed by atoms with Gasteiger partial charge in [0.1, 0.15) is 0 Å². The zero-order chi connectivity index (χ0) is 54.1. The number of rotatable bonds is 13. The molecule has 0 N–H and O–H groups in total. The zero-order valence-electron chi connectivity index (χ0n) is 47.4. The minimum absolute atomic E-state index is 0.284. The van der Waals surface area contributed by atoms with Crippen LogP contribution in [0.2, 0.25) is 0 Å². The second kappa shape index (κ2) is 40.5. The van der Waals surface area contributed by atoms with Gasteiger partial charge in [-0.2, -0.15) is 0 Å². The summed E-state index contributed by atoms with van der Waals surface area (Å²) in [5, 5.41) is 3.64. The second-order valence-electron chi connectivity index (χ2n) is 16.7. The Bertz CT molecular complexity index is 2600. The molecule has 0 aliphatic heterocycles. The van der Waals surface area contributed by atoms with Crippen LogP contribution in [-0.4, -0.2) is 11.2 Å². The zero-order valence-corrected chi connectivity index (χ0v) is 47.4. The molecule has 2 heteroatoms. The van der Waals surface area contributed by atoms with Gasteiger partial charge in [0.05, 0.1) is 16.9 Å². The van der Waals surface area contributed by atoms with Crippen molar-refractivity contribution < 1.29 is 0 Å². The highest BCUT2D eigenvalue weighted by molar-refractivity contribution is 6.00. The second-order valence-corrected chi connectivity index (χ2v) is 16.7. The van der Waals surface area contributed by atoms with Crippen LogP contribution in [0.25, 0.3) is 28.1 Å². The van der Waals surface area contributed by atoms with Crippen molar-refractivity contribution in [3.8, 4) is 12.3 Å². The van der Waals surface area contributed by atoms with Gasteiger partial charge in [0.2, 0.25) is 0 Å². The van der Waals surface area contributed by atoms with Crippen molar-refractivity contribution in [3.63, 3.8) is 0 Å². The van der Waals surface area contributed by atoms with Crippen LogP contribution < -0.4 is 5.01 Å². The molecule has 1 heterocycles. The number of terminal acetylenes is 1. The molecule has 7 rings (SSSR count). The Kier molecular flexibility index (Phi) is 35.5. The van der Waals surface area contributed by atoms with Crippen LogP contribution in [0.3, 0.4) is 0 Å². The molecule has 386 valence electrons. The lowest BCUT2D eigenvalue weighted by Gasteiger charge is -2.30. The molecular weight excluding hydrogens is 881 g/mol. The standard InChI is InChI=1S/C43H46N2.C12H16.C6H6.C3H8.C3H4.2C2H6/c1-6-8-14-27-42-35(5)40-31-39(37-23-15-9-10-16-24-37)32-41(38-25-17-11-12-18-26-38)43(40)45(42)44(30-7-2)34(4)29-28-33(3)36-21-19-13-20-22-36;1-3-11(4-2)12-9-7-5-6-8-10-12;1-2-4-6-5-3-1;2*1-3-2;2*1-2/h6,8-9,11-25,27-29,31-33H,4,7,10,26,30H2,1-3,5H3;3,5-9H,4,10H2,1-2H3;1-6H;3H2,1-2H3;1H,2H3;2*1-2H3/b8-6+,27-14-,29-28-;11-3+;;;;;. The maximum Gasteiger partial charge on any atom is 0.0784 e. The number of hydrogen-bond acceptors (Lipinski definition) is 1. The number of benzene rings is 3. The van der Waals surface area contributed by atoms with Gasteiger partial charge in [-0.3, -0.25) is 9.69 Å². The van der Waals surface area contributed by atoms with Crippen molar-refractivity contribution in [1.29, 1.82) is 0 Å². The molecule has 4 aromatic rings. The van der Waals surface area contributed by atoms with Crippen LogP contribution in [0.4, 0.5) is 0 Å². The van der Waals surface area contributed by atoms with Gasteiger partial charge in [0.15, 0.2) is 0 Å². The minimum atomic E-state index is 0.284. The van der Waals surface area contributed by atoms with Gasteiger partial charge < -0.3 is 0 Å². The number of nitrogens with zero attached hydrogens (tertiary/aromatic N) is 2. The van der Waals surface area contributed by atoms with Crippen LogP contribution in [0.5, 0.6) is 0 Å². The van der Waals surface area contributed by atoms with E-state index in [1.807, 2.05) is 64.1 Å². The Hall–Kier alpha value is -7.08. The van der Waals surface area contributed by atoms with Gasteiger partial charge in [-0.25, -0.2) is 0 Å². The molecule has 3 aliphatic rings. The lowest BCUT2D eigenvalue weighted by Crippen LogP contribution is -2.34. The van der Waals surface area contributed by atoms with E-state index in [2.05, 4.69) is 260 Å². The molecule has 0 bridgehead atoms. The Morgan fingerprint density at radius 2 is 1.37 bits per heavy atom. The molecule has 0 fully saturated rings. The van der Waals surface area contributed by atoms with E-state index in [0.717, 1.165) is 44.3 Å². The van der Waals surface area contributed by atoms with Gasteiger partial charge >= 0.3 is 0 Å². The summed E-state index contributed by atoms with van der Waals surface area (Å²) in [6.07, 6.45) is 58.9. The third-order valence-electron chi connectivity index (χ3n) is 11.3. The molecular formula is C71H92N2. The molecule has 73 heavy (non-hydrogen) atoms. The fourth-order valence-electron chi connectivity index (χ4n) is 7.84. The normalized spacial score (nSPS) is 13.7. The van der Waals surface area contributed by atoms with Crippen LogP contribution in [0.1, 0.15) is 155 Å². The Balaban J connectivity index is 0.000000774. The van der Waals surface area contributed by atoms with Crippen molar-refractivity contribution >= 4 is 28.1 Å². The van der Waals surface area contributed by atoms with Gasteiger partial charge in [-0.15, -0.1) is 12.3 Å². The van der Waals surface area contributed by atoms with E-state index in [0.29, 0.717) is 0 Å². The smallest absolute Gasteiger partial charge is 0.0784 e. The number of aryl methyl sites for hydroxylation is 1. The number of fused-ring (bicyclic) bond motifs is 1. The predicted octanol–water partition coefficient (Wildman–Crippen LogP) is 21.1. The molecule has 0 radical (unpaired) electrons. The average molecular weight is 974 g/mol. The minimum Gasteiger partial charge on any atom is -0.281 e. The summed E-state index contributed by atoms with van der Waals surface area (Å²) in [5.74, 6) is 2.53. The number of allylic oxidation sites excluding steroid dienone is 25. The molecule has 1 atom stereocenters. The van der Waals surface area contributed by atoms with E-state index in [4.69, 9.17) is 0 Å². The maximum absolute atomic E-state index is 4.65. The lowest BCUT2D eigenvalue weighted by atomic mass is 9.93. The highest BCUT2D eigenvalue weighted by atomic mass is 15.6. The largest absolute Gasteiger partial charge is 0.281 e. The van der Waals surface area contributed by atoms with E-state index >= 15 is 0 Å². The van der Waals surface area contributed by atoms with Gasteiger partial charge in [0, 0.05) is 17.5 Å². The van der Waals surface area contributed by atoms with Crippen molar-refractivity contribution in [1.82, 2.24) is 4.68 Å². The summed E-state index contributed by atoms with van der Waals surface area (Å²) < 4.78 is 2.43. The first-order valence-corrected chi connectivity index (χ1v) is 27.0. The predicted molar refractivity (Wildman–Crippen MR) is 333 cm³/mol. The first-order chi connectivity index (χ1) is 35.7. The molecule has 0 spiro atoms. The van der Waals surface area contributed by atoms with Crippen LogP contribution in [0, 0.1) is 19.3 Å². The molecule has 1 aromatic heterocycles. The lowest BCUT2D eigenvalue weighted by molar-refractivity contribution is 0.665. The van der Waals surface area contributed by atoms with Gasteiger partial charge in [-0.05, 0) is 129 Å². The van der Waals surface area contributed by atoms with Crippen molar-refractivity contribution in [3.05, 3.63) is 258 Å². The summed E-state index contributed by atoms with van der Waals surface area (Å²) in [7, 11) is 0. The quantitative estimate of drug-likeness (QED) is 0.0957. The fraction of sp³-hybridized carbons (Fsp3) is 0.296. The Morgan fingerprint density at radius 1 is 0.767 bits per heavy atom. The molecule has 0 saturated carbocycles. The first-order valence-electron chi connectivity index (χ1n) is 27.0. The van der Waals surface area contributed by atoms with Crippen LogP contribution >= 0.6 is 0 Å². The van der Waals surface area contributed by atoms with E-state index in [-0.39, 0.29) is 5.92 Å². The first kappa shape index (κ1) is 63.9. The molecule has 3 aromatic carbocycles. The molecule has 0 amide bonds. The summed E-state index contributed by atoms with van der Waals surface area (Å²) in [5.41, 5.74) is 13.9. The van der Waals surface area contributed by atoms with E-state index < -0.39 is 0 Å². The summed E-state index contributed by atoms with van der Waals surface area (Å²) >= 11 is 0. The highest BCUT2D eigenvalue weighted by Gasteiger charge is 2.23. The molecule has 3 aliphatic carbocycles. The molecule has 1 unspecified atom stereocenters. The Labute approximate surface area is 446 Å². The monoisotopic (exact) mass is 973 g/mol. The van der Waals surface area contributed by atoms with Gasteiger partial charge in [-0.1, -0.05) is 264 Å². The number of hydrogen-bond donors (Lipinski definition) is 0. The third-order valence-corrected chi connectivity index (χ3v) is 11.3. The average Bonchev–Trinajstić information content (AvgIpc) is 3.90. The Morgan fingerprint density at radius 3 is 1.96 bits per heavy atom. The molecule has 0 saturated heterocycles. The summed E-state index contributed by atoms with van der Waals surface area (Å²) in [6, 6.07) is 27.4. The van der Waals surface area contributed by atoms with E-state index in [1.165, 1.54) is 67.6 Å². The fourth-order valence-corrected chi connectivity index (χ4v) is 7.84. The SMILES string of the molecule is C#CC.C/C=C(\CC)C1=CC=CC=CC1.C=C(/C=C\C(C)c1ccccc1)N(CCC)n1c(/C=C\C=C\C)c(C)c2cc(C3=CC=CCC=C3)cc(C3=CC=CC=CC3)c21.CC.CC.CCC.c1ccccc1. The third kappa shape index (κ3) is 22.5. The summed E-state index contributed by atoms with van der Waals surface area (Å²) in [4.78, 5) is 0. The maximum atomic E-state index is 4.65. The van der Waals surface area contributed by atoms with Crippen molar-refractivity contribution in [2.24, 2.45) is 0 Å². The summed E-state index contributed by atoms with van der Waals surface area (Å²) in [6.45, 7) is 32.5. The van der Waals surface area contributed by atoms with E-state index in [1.54, 1.807) is 6.92 Å². The van der Waals surface area contributed by atoms with Crippen molar-refractivity contribution in [2.45, 2.75) is 134 Å². The van der Waals surface area contributed by atoms with Crippen LogP contribution in [-0.2, 0) is 0 Å². The topological polar surface area (TPSA) is 8.17 Å². The number of aromatic nitrogens is 1.